The minimum Gasteiger partial charge on any atom is -0.484 e. The zero-order chi connectivity index (χ0) is 18.4. The number of carbonyl (C=O) groups is 2. The standard InChI is InChI=1S/C17H15F3N2O3/c1-11-2-8-14(9-3-11)25-10-15(23)21-12-4-6-13(7-5-12)22-16(24)17(18,19)20/h2-9H,10H2,1H3,(H,21,23)(H,22,24). The summed E-state index contributed by atoms with van der Waals surface area (Å²) in [5.41, 5.74) is 1.40. The van der Waals surface area contributed by atoms with E-state index in [2.05, 4.69) is 5.32 Å². The number of rotatable bonds is 5. The van der Waals surface area contributed by atoms with Crippen molar-refractivity contribution in [1.29, 1.82) is 0 Å². The van der Waals surface area contributed by atoms with Crippen molar-refractivity contribution in [2.24, 2.45) is 0 Å². The van der Waals surface area contributed by atoms with E-state index in [9.17, 15) is 22.8 Å². The molecule has 0 aliphatic rings. The van der Waals surface area contributed by atoms with E-state index < -0.39 is 18.0 Å². The molecule has 2 N–H and O–H groups in total. The van der Waals surface area contributed by atoms with Gasteiger partial charge >= 0.3 is 12.1 Å². The molecule has 2 aromatic carbocycles. The number of amides is 2. The smallest absolute Gasteiger partial charge is 0.471 e. The highest BCUT2D eigenvalue weighted by Gasteiger charge is 2.38. The van der Waals surface area contributed by atoms with Crippen molar-refractivity contribution in [3.05, 3.63) is 54.1 Å². The highest BCUT2D eigenvalue weighted by molar-refractivity contribution is 5.95. The molecule has 0 atom stereocenters. The molecule has 0 aromatic heterocycles. The summed E-state index contributed by atoms with van der Waals surface area (Å²) < 4.78 is 41.8. The Morgan fingerprint density at radius 2 is 1.44 bits per heavy atom. The Morgan fingerprint density at radius 3 is 1.96 bits per heavy atom. The first-order valence-electron chi connectivity index (χ1n) is 7.21. The van der Waals surface area contributed by atoms with Gasteiger partial charge in [-0.1, -0.05) is 17.7 Å². The zero-order valence-corrected chi connectivity index (χ0v) is 13.2. The van der Waals surface area contributed by atoms with Crippen LogP contribution in [0.2, 0.25) is 0 Å². The minimum atomic E-state index is -4.96. The molecular formula is C17H15F3N2O3. The van der Waals surface area contributed by atoms with Crippen LogP contribution in [0.5, 0.6) is 5.75 Å². The summed E-state index contributed by atoms with van der Waals surface area (Å²) in [6.45, 7) is 1.72. The average Bonchev–Trinajstić information content (AvgIpc) is 2.55. The van der Waals surface area contributed by atoms with Crippen molar-refractivity contribution in [3.8, 4) is 5.75 Å². The molecule has 0 radical (unpaired) electrons. The third kappa shape index (κ3) is 5.83. The van der Waals surface area contributed by atoms with Crippen LogP contribution in [0.1, 0.15) is 5.56 Å². The number of hydrogen-bond acceptors (Lipinski definition) is 3. The molecule has 0 bridgehead atoms. The summed E-state index contributed by atoms with van der Waals surface area (Å²) in [5, 5.41) is 4.25. The number of halogens is 3. The highest BCUT2D eigenvalue weighted by Crippen LogP contribution is 2.19. The van der Waals surface area contributed by atoms with Crippen LogP contribution in [0.3, 0.4) is 0 Å². The lowest BCUT2D eigenvalue weighted by Gasteiger charge is -2.10. The molecule has 0 saturated carbocycles. The fraction of sp³-hybridized carbons (Fsp3) is 0.176. The number of hydrogen-bond donors (Lipinski definition) is 2. The van der Waals surface area contributed by atoms with Crippen molar-refractivity contribution in [2.45, 2.75) is 13.1 Å². The quantitative estimate of drug-likeness (QED) is 0.865. The number of nitrogens with one attached hydrogen (secondary N) is 2. The third-order valence-electron chi connectivity index (χ3n) is 3.07. The second kappa shape index (κ2) is 7.69. The first-order chi connectivity index (χ1) is 11.7. The maximum atomic E-state index is 12.1. The number of alkyl halides is 3. The van der Waals surface area contributed by atoms with E-state index in [-0.39, 0.29) is 12.3 Å². The monoisotopic (exact) mass is 352 g/mol. The van der Waals surface area contributed by atoms with Gasteiger partial charge in [0.05, 0.1) is 0 Å². The predicted molar refractivity (Wildman–Crippen MR) is 86.4 cm³/mol. The Labute approximate surface area is 141 Å². The minimum absolute atomic E-state index is 0.0313. The number of benzene rings is 2. The maximum absolute atomic E-state index is 12.1. The predicted octanol–water partition coefficient (Wildman–Crippen LogP) is 3.51. The molecule has 0 saturated heterocycles. The molecule has 0 unspecified atom stereocenters. The van der Waals surface area contributed by atoms with Gasteiger partial charge in [0.25, 0.3) is 5.91 Å². The summed E-state index contributed by atoms with van der Waals surface area (Å²) in [6, 6.07) is 12.4. The number of aryl methyl sites for hydroxylation is 1. The average molecular weight is 352 g/mol. The van der Waals surface area contributed by atoms with E-state index in [0.29, 0.717) is 11.4 Å². The molecule has 2 aromatic rings. The third-order valence-corrected chi connectivity index (χ3v) is 3.07. The number of carbonyl (C=O) groups excluding carboxylic acids is 2. The Kier molecular flexibility index (Phi) is 5.63. The van der Waals surface area contributed by atoms with Crippen molar-refractivity contribution in [2.75, 3.05) is 17.2 Å². The molecular weight excluding hydrogens is 337 g/mol. The van der Waals surface area contributed by atoms with Gasteiger partial charge in [0, 0.05) is 11.4 Å². The van der Waals surface area contributed by atoms with E-state index in [1.807, 2.05) is 19.1 Å². The van der Waals surface area contributed by atoms with E-state index in [1.54, 1.807) is 17.4 Å². The van der Waals surface area contributed by atoms with Gasteiger partial charge < -0.3 is 15.4 Å². The van der Waals surface area contributed by atoms with Gasteiger partial charge in [-0.2, -0.15) is 13.2 Å². The molecule has 5 nitrogen and oxygen atoms in total. The lowest BCUT2D eigenvalue weighted by molar-refractivity contribution is -0.167. The Bertz CT molecular complexity index is 741. The second-order valence-electron chi connectivity index (χ2n) is 5.18. The number of ether oxygens (including phenoxy) is 1. The fourth-order valence-electron chi connectivity index (χ4n) is 1.82. The van der Waals surface area contributed by atoms with Crippen molar-refractivity contribution < 1.29 is 27.5 Å². The molecule has 0 heterocycles. The van der Waals surface area contributed by atoms with E-state index >= 15 is 0 Å². The molecule has 2 amide bonds. The number of anilines is 2. The van der Waals surface area contributed by atoms with E-state index in [1.165, 1.54) is 24.3 Å². The Balaban J connectivity index is 1.84. The van der Waals surface area contributed by atoms with Gasteiger partial charge in [0.2, 0.25) is 0 Å². The van der Waals surface area contributed by atoms with Gasteiger partial charge in [-0.05, 0) is 43.3 Å². The highest BCUT2D eigenvalue weighted by atomic mass is 19.4. The first-order valence-corrected chi connectivity index (χ1v) is 7.21. The second-order valence-corrected chi connectivity index (χ2v) is 5.18. The normalized spacial score (nSPS) is 10.9. The van der Waals surface area contributed by atoms with Crippen LogP contribution in [0.4, 0.5) is 24.5 Å². The molecule has 25 heavy (non-hydrogen) atoms. The lowest BCUT2D eigenvalue weighted by atomic mass is 10.2. The molecule has 0 aliphatic heterocycles. The SMILES string of the molecule is Cc1ccc(OCC(=O)Nc2ccc(NC(=O)C(F)(F)F)cc2)cc1. The van der Waals surface area contributed by atoms with Crippen LogP contribution in [0.15, 0.2) is 48.5 Å². The molecule has 0 fully saturated rings. The van der Waals surface area contributed by atoms with Gasteiger partial charge in [-0.25, -0.2) is 0 Å². The van der Waals surface area contributed by atoms with Crippen molar-refractivity contribution >= 4 is 23.2 Å². The van der Waals surface area contributed by atoms with Gasteiger partial charge in [0.1, 0.15) is 5.75 Å². The van der Waals surface area contributed by atoms with E-state index in [4.69, 9.17) is 4.74 Å². The molecule has 0 aliphatic carbocycles. The van der Waals surface area contributed by atoms with Crippen molar-refractivity contribution in [1.82, 2.24) is 0 Å². The molecule has 0 spiro atoms. The van der Waals surface area contributed by atoms with Gasteiger partial charge in [0.15, 0.2) is 6.61 Å². The Hall–Kier alpha value is -3.03. The van der Waals surface area contributed by atoms with Crippen LogP contribution in [-0.2, 0) is 9.59 Å². The molecule has 132 valence electrons. The Morgan fingerprint density at radius 1 is 0.920 bits per heavy atom. The van der Waals surface area contributed by atoms with E-state index in [0.717, 1.165) is 5.56 Å². The summed E-state index contributed by atoms with van der Waals surface area (Å²) in [5.74, 6) is -1.94. The molecule has 8 heteroatoms. The topological polar surface area (TPSA) is 67.4 Å². The van der Waals surface area contributed by atoms with Crippen LogP contribution in [-0.4, -0.2) is 24.6 Å². The van der Waals surface area contributed by atoms with Crippen LogP contribution in [0, 0.1) is 6.92 Å². The van der Waals surface area contributed by atoms with Crippen LogP contribution < -0.4 is 15.4 Å². The fourth-order valence-corrected chi connectivity index (χ4v) is 1.82. The van der Waals surface area contributed by atoms with Gasteiger partial charge in [-0.3, -0.25) is 9.59 Å². The zero-order valence-electron chi connectivity index (χ0n) is 13.2. The van der Waals surface area contributed by atoms with Crippen LogP contribution >= 0.6 is 0 Å². The molecule has 2 rings (SSSR count). The summed E-state index contributed by atoms with van der Waals surface area (Å²) in [7, 11) is 0. The first kappa shape index (κ1) is 18.3. The van der Waals surface area contributed by atoms with Crippen molar-refractivity contribution in [3.63, 3.8) is 0 Å². The van der Waals surface area contributed by atoms with Gasteiger partial charge in [-0.15, -0.1) is 0 Å². The largest absolute Gasteiger partial charge is 0.484 e. The maximum Gasteiger partial charge on any atom is 0.471 e. The lowest BCUT2D eigenvalue weighted by Crippen LogP contribution is -2.29. The summed E-state index contributed by atoms with van der Waals surface area (Å²) >= 11 is 0. The summed E-state index contributed by atoms with van der Waals surface area (Å²) in [6.07, 6.45) is -4.96. The summed E-state index contributed by atoms with van der Waals surface area (Å²) in [4.78, 5) is 22.6. The van der Waals surface area contributed by atoms with Crippen LogP contribution in [0.25, 0.3) is 0 Å².